The van der Waals surface area contributed by atoms with Crippen molar-refractivity contribution < 1.29 is 18.8 Å². The van der Waals surface area contributed by atoms with Crippen LogP contribution in [0.3, 0.4) is 0 Å². The number of halogens is 2. The lowest BCUT2D eigenvalue weighted by Crippen LogP contribution is -2.55. The number of likely N-dealkylation sites (tertiary alicyclic amines) is 1. The van der Waals surface area contributed by atoms with Crippen LogP contribution in [0.5, 0.6) is 0 Å². The molecule has 2 aromatic carbocycles. The summed E-state index contributed by atoms with van der Waals surface area (Å²) >= 11 is 9.84. The molecule has 0 radical (unpaired) electrons. The molecule has 1 aromatic heterocycles. The highest BCUT2D eigenvalue weighted by Gasteiger charge is 2.41. The van der Waals surface area contributed by atoms with Gasteiger partial charge in [0.2, 0.25) is 0 Å². The first kappa shape index (κ1) is 30.7. The fourth-order valence-corrected chi connectivity index (χ4v) is 10.1. The summed E-state index contributed by atoms with van der Waals surface area (Å²) in [6, 6.07) is 14.0. The second-order valence-electron chi connectivity index (χ2n) is 12.4. The number of fused-ring (bicyclic) bond motifs is 1. The Hall–Kier alpha value is -2.20. The average Bonchev–Trinajstić information content (AvgIpc) is 3.27. The highest BCUT2D eigenvalue weighted by Crippen LogP contribution is 2.34. The minimum atomic E-state index is -2.09. The van der Waals surface area contributed by atoms with Crippen molar-refractivity contribution in [2.45, 2.75) is 84.5 Å². The van der Waals surface area contributed by atoms with Crippen molar-refractivity contribution in [1.29, 1.82) is 0 Å². The maximum Gasteiger partial charge on any atom is 0.410 e. The lowest BCUT2D eigenvalue weighted by atomic mass is 9.95. The van der Waals surface area contributed by atoms with Crippen LogP contribution >= 0.6 is 27.5 Å². The van der Waals surface area contributed by atoms with Gasteiger partial charge in [-0.3, -0.25) is 4.79 Å². The van der Waals surface area contributed by atoms with Gasteiger partial charge in [-0.1, -0.05) is 62.7 Å². The molecule has 4 rings (SSSR count). The van der Waals surface area contributed by atoms with E-state index in [1.165, 1.54) is 0 Å². The molecule has 1 amide bonds. The summed E-state index contributed by atoms with van der Waals surface area (Å²) in [4.78, 5) is 33.1. The highest BCUT2D eigenvalue weighted by molar-refractivity contribution is 9.10. The predicted molar refractivity (Wildman–Crippen MR) is 165 cm³/mol. The van der Waals surface area contributed by atoms with Crippen molar-refractivity contribution in [2.75, 3.05) is 6.54 Å². The van der Waals surface area contributed by atoms with E-state index in [9.17, 15) is 9.59 Å². The van der Waals surface area contributed by atoms with Gasteiger partial charge in [-0.25, -0.2) is 9.78 Å². The van der Waals surface area contributed by atoms with Gasteiger partial charge in [0.05, 0.1) is 35.6 Å². The number of carbonyl (C=O) groups is 2. The molecule has 0 spiro atoms. The lowest BCUT2D eigenvalue weighted by molar-refractivity contribution is -0.122. The smallest absolute Gasteiger partial charge is 0.410 e. The number of ketones is 1. The maximum atomic E-state index is 13.5. The molecule has 1 aliphatic heterocycles. The quantitative estimate of drug-likeness (QED) is 0.221. The lowest BCUT2D eigenvalue weighted by Gasteiger charge is -2.44. The summed E-state index contributed by atoms with van der Waals surface area (Å²) in [5.41, 5.74) is 2.48. The van der Waals surface area contributed by atoms with Crippen LogP contribution in [0.1, 0.15) is 45.6 Å². The van der Waals surface area contributed by atoms with E-state index in [0.29, 0.717) is 17.1 Å². The van der Waals surface area contributed by atoms with Crippen LogP contribution < -0.4 is 0 Å². The van der Waals surface area contributed by atoms with Crippen LogP contribution in [-0.2, 0) is 27.1 Å². The van der Waals surface area contributed by atoms with Crippen molar-refractivity contribution in [1.82, 2.24) is 14.5 Å². The minimum absolute atomic E-state index is 0.00463. The van der Waals surface area contributed by atoms with Crippen LogP contribution in [0, 0.1) is 5.41 Å². The predicted octanol–water partition coefficient (Wildman–Crippen LogP) is 7.85. The number of hydrogen-bond acceptors (Lipinski definition) is 5. The van der Waals surface area contributed by atoms with E-state index >= 15 is 0 Å². The van der Waals surface area contributed by atoms with Crippen LogP contribution in [0.15, 0.2) is 53.3 Å². The van der Waals surface area contributed by atoms with Gasteiger partial charge in [-0.2, -0.15) is 0 Å². The number of carbonyl (C=O) groups excluding carboxylic acids is 2. The minimum Gasteiger partial charge on any atom is -0.445 e. The Balaban J connectivity index is 1.54. The second-order valence-corrected chi connectivity index (χ2v) is 17.8. The molecular weight excluding hydrogens is 610 g/mol. The van der Waals surface area contributed by atoms with Gasteiger partial charge in [0.25, 0.3) is 0 Å². The number of imidazole rings is 1. The first-order valence-electron chi connectivity index (χ1n) is 13.8. The number of aromatic nitrogens is 2. The van der Waals surface area contributed by atoms with Crippen molar-refractivity contribution in [2.24, 2.45) is 5.41 Å². The normalized spacial score (nSPS) is 18.2. The highest BCUT2D eigenvalue weighted by atomic mass is 79.9. The Morgan fingerprint density at radius 1 is 1.15 bits per heavy atom. The summed E-state index contributed by atoms with van der Waals surface area (Å²) in [5.74, 6) is -0.00463. The third-order valence-corrected chi connectivity index (χ3v) is 11.2. The van der Waals surface area contributed by atoms with E-state index in [-0.39, 0.29) is 36.9 Å². The molecule has 1 saturated heterocycles. The summed E-state index contributed by atoms with van der Waals surface area (Å²) < 4.78 is 15.1. The van der Waals surface area contributed by atoms with Gasteiger partial charge in [-0.05, 0) is 71.0 Å². The Kier molecular flexibility index (Phi) is 9.81. The third kappa shape index (κ3) is 7.96. The molecule has 40 heavy (non-hydrogen) atoms. The summed E-state index contributed by atoms with van der Waals surface area (Å²) in [6.07, 6.45) is 2.79. The molecule has 0 N–H and O–H groups in total. The molecule has 0 saturated carbocycles. The molecule has 0 bridgehead atoms. The van der Waals surface area contributed by atoms with Crippen LogP contribution in [0.25, 0.3) is 11.0 Å². The second kappa shape index (κ2) is 12.8. The molecule has 1 fully saturated rings. The van der Waals surface area contributed by atoms with E-state index in [1.54, 1.807) is 11.2 Å². The van der Waals surface area contributed by atoms with Gasteiger partial charge in [0, 0.05) is 17.4 Å². The first-order chi connectivity index (χ1) is 18.8. The monoisotopic (exact) mass is 647 g/mol. The van der Waals surface area contributed by atoms with E-state index in [0.717, 1.165) is 34.4 Å². The zero-order valence-corrected chi connectivity index (χ0v) is 27.3. The van der Waals surface area contributed by atoms with E-state index in [2.05, 4.69) is 54.8 Å². The average molecular weight is 649 g/mol. The number of rotatable bonds is 9. The summed E-state index contributed by atoms with van der Waals surface area (Å²) in [7, 11) is -2.09. The Morgan fingerprint density at radius 2 is 1.88 bits per heavy atom. The van der Waals surface area contributed by atoms with Gasteiger partial charge in [-0.15, -0.1) is 0 Å². The number of benzene rings is 2. The third-order valence-electron chi connectivity index (χ3n) is 7.05. The fraction of sp³-hybridized carbons (Fsp3) is 0.500. The number of piperidine rings is 1. The Morgan fingerprint density at radius 3 is 2.58 bits per heavy atom. The van der Waals surface area contributed by atoms with E-state index in [4.69, 9.17) is 20.8 Å². The van der Waals surface area contributed by atoms with Crippen molar-refractivity contribution in [3.8, 4) is 0 Å². The zero-order chi connectivity index (χ0) is 29.1. The number of ether oxygens (including phenoxy) is 1. The Bertz CT molecular complexity index is 1340. The van der Waals surface area contributed by atoms with E-state index in [1.807, 2.05) is 47.0 Å². The topological polar surface area (TPSA) is 73.7 Å². The largest absolute Gasteiger partial charge is 0.445 e. The molecule has 216 valence electrons. The summed E-state index contributed by atoms with van der Waals surface area (Å²) in [5, 5.41) is 0.516. The molecule has 2 atom stereocenters. The van der Waals surface area contributed by atoms with Crippen molar-refractivity contribution in [3.05, 3.63) is 63.9 Å². The number of amides is 1. The molecular formula is C30H39BrClN3O4Si. The number of hydrogen-bond donors (Lipinski definition) is 0. The fourth-order valence-electron chi connectivity index (χ4n) is 5.85. The van der Waals surface area contributed by atoms with E-state index < -0.39 is 20.5 Å². The van der Waals surface area contributed by atoms with Crippen molar-refractivity contribution in [3.63, 3.8) is 0 Å². The first-order valence-corrected chi connectivity index (χ1v) is 18.1. The molecule has 0 aliphatic carbocycles. The molecule has 2 heterocycles. The van der Waals surface area contributed by atoms with Gasteiger partial charge in [0.15, 0.2) is 14.1 Å². The number of Topliss-reactive ketones (excluding diaryl/α,β-unsaturated/α-hetero) is 1. The summed E-state index contributed by atoms with van der Waals surface area (Å²) in [6.45, 7) is 12.0. The van der Waals surface area contributed by atoms with Gasteiger partial charge in [0.1, 0.15) is 12.1 Å². The SMILES string of the molecule is CC(C)(C)C[Si](C)(C)O[C@H]1CCCN(C(=O)OCc2ccccc2)[C@@H]1CC(=O)Cn1cnc2c(Cl)c(Br)ccc21. The molecule has 3 aromatic rings. The molecule has 10 heteroatoms. The molecule has 1 aliphatic rings. The van der Waals surface area contributed by atoms with Crippen molar-refractivity contribution >= 4 is 58.8 Å². The molecule has 7 nitrogen and oxygen atoms in total. The van der Waals surface area contributed by atoms with Gasteiger partial charge >= 0.3 is 6.09 Å². The maximum absolute atomic E-state index is 13.5. The standard InChI is InChI=1S/C30H39BrClN3O4Si/c1-30(2,3)19-40(4,5)39-26-12-9-15-35(29(37)38-18-21-10-7-6-8-11-21)25(26)16-22(36)17-34-20-33-28-24(34)14-13-23(31)27(28)32/h6-8,10-11,13-14,20,25-26H,9,12,15-19H2,1-5H3/t25-,26+/m1/s1. The molecule has 0 unspecified atom stereocenters. The van der Waals surface area contributed by atoms with Crippen LogP contribution in [0.4, 0.5) is 4.79 Å². The van der Waals surface area contributed by atoms with Crippen LogP contribution in [-0.4, -0.2) is 53.3 Å². The van der Waals surface area contributed by atoms with Crippen LogP contribution in [0.2, 0.25) is 24.2 Å². The zero-order valence-electron chi connectivity index (χ0n) is 24.0. The number of nitrogens with zero attached hydrogens (tertiary/aromatic N) is 3. The Labute approximate surface area is 251 Å². The van der Waals surface area contributed by atoms with Gasteiger partial charge < -0.3 is 18.6 Å².